The quantitative estimate of drug-likeness (QED) is 0.799. The molecule has 1 aliphatic rings. The largest absolute Gasteiger partial charge is 0.327 e. The van der Waals surface area contributed by atoms with Crippen LogP contribution in [0.15, 0.2) is 18.2 Å². The highest BCUT2D eigenvalue weighted by molar-refractivity contribution is 5.94. The number of nitrogens with two attached hydrogens (primary N) is 1. The molecule has 0 spiro atoms. The molecule has 1 aliphatic carbocycles. The lowest BCUT2D eigenvalue weighted by molar-refractivity contribution is -0.117. The van der Waals surface area contributed by atoms with Gasteiger partial charge in [0.15, 0.2) is 0 Å². The third-order valence-electron chi connectivity index (χ3n) is 4.25. The summed E-state index contributed by atoms with van der Waals surface area (Å²) < 4.78 is 0. The maximum absolute atomic E-state index is 12.3. The zero-order valence-electron chi connectivity index (χ0n) is 13.3. The summed E-state index contributed by atoms with van der Waals surface area (Å²) in [6.07, 6.45) is 4.82. The first-order valence-electron chi connectivity index (χ1n) is 7.89. The summed E-state index contributed by atoms with van der Waals surface area (Å²) in [6, 6.07) is 5.62. The van der Waals surface area contributed by atoms with E-state index in [0.29, 0.717) is 12.1 Å². The lowest BCUT2D eigenvalue weighted by Crippen LogP contribution is -2.35. The van der Waals surface area contributed by atoms with E-state index in [1.165, 1.54) is 6.92 Å². The highest BCUT2D eigenvalue weighted by Crippen LogP contribution is 2.27. The second-order valence-electron chi connectivity index (χ2n) is 6.17. The van der Waals surface area contributed by atoms with Gasteiger partial charge in [-0.2, -0.15) is 0 Å². The van der Waals surface area contributed by atoms with Gasteiger partial charge in [0, 0.05) is 30.8 Å². The van der Waals surface area contributed by atoms with Crippen LogP contribution in [0.5, 0.6) is 0 Å². The number of amides is 2. The zero-order chi connectivity index (χ0) is 16.1. The van der Waals surface area contributed by atoms with Gasteiger partial charge in [-0.1, -0.05) is 18.9 Å². The summed E-state index contributed by atoms with van der Waals surface area (Å²) in [4.78, 5) is 23.4. The monoisotopic (exact) mass is 303 g/mol. The van der Waals surface area contributed by atoms with Crippen LogP contribution in [0.2, 0.25) is 0 Å². The molecular weight excluding hydrogens is 278 g/mol. The summed E-state index contributed by atoms with van der Waals surface area (Å²) >= 11 is 0. The highest BCUT2D eigenvalue weighted by Gasteiger charge is 2.24. The average molecular weight is 303 g/mol. The number of aryl methyl sites for hydroxylation is 1. The van der Waals surface area contributed by atoms with Crippen molar-refractivity contribution in [3.8, 4) is 0 Å². The molecule has 120 valence electrons. The van der Waals surface area contributed by atoms with Gasteiger partial charge in [-0.15, -0.1) is 0 Å². The average Bonchev–Trinajstić information content (AvgIpc) is 2.44. The van der Waals surface area contributed by atoms with Crippen molar-refractivity contribution < 1.29 is 9.59 Å². The summed E-state index contributed by atoms with van der Waals surface area (Å²) in [6.45, 7) is 3.39. The van der Waals surface area contributed by atoms with E-state index < -0.39 is 0 Å². The first-order chi connectivity index (χ1) is 10.5. The third-order valence-corrected chi connectivity index (χ3v) is 4.25. The van der Waals surface area contributed by atoms with Crippen molar-refractivity contribution in [2.24, 2.45) is 11.7 Å². The standard InChI is InChI=1S/C17H25N3O2/c1-11-7-8-14(19-12(2)21)10-16(11)20-17(22)9-13-5-3-4-6-15(13)18/h7-8,10,13,15H,3-6,9,18H2,1-2H3,(H,19,21)(H,20,22). The Bertz CT molecular complexity index is 557. The predicted molar refractivity (Wildman–Crippen MR) is 88.7 cm³/mol. The van der Waals surface area contributed by atoms with Crippen molar-refractivity contribution in [2.45, 2.75) is 52.0 Å². The Hall–Kier alpha value is -1.88. The van der Waals surface area contributed by atoms with E-state index in [2.05, 4.69) is 10.6 Å². The van der Waals surface area contributed by atoms with E-state index in [1.807, 2.05) is 19.1 Å². The molecule has 2 atom stereocenters. The van der Waals surface area contributed by atoms with E-state index in [-0.39, 0.29) is 23.8 Å². The van der Waals surface area contributed by atoms with Crippen molar-refractivity contribution in [1.82, 2.24) is 0 Å². The second kappa shape index (κ2) is 7.40. The van der Waals surface area contributed by atoms with Crippen LogP contribution in [0.4, 0.5) is 11.4 Å². The first kappa shape index (κ1) is 16.5. The van der Waals surface area contributed by atoms with Crippen LogP contribution in [0.25, 0.3) is 0 Å². The van der Waals surface area contributed by atoms with E-state index in [0.717, 1.165) is 36.9 Å². The highest BCUT2D eigenvalue weighted by atomic mass is 16.2. The van der Waals surface area contributed by atoms with E-state index in [9.17, 15) is 9.59 Å². The summed E-state index contributed by atoms with van der Waals surface area (Å²) in [5, 5.41) is 5.67. The number of hydrogen-bond acceptors (Lipinski definition) is 3. The van der Waals surface area contributed by atoms with Crippen LogP contribution in [0.1, 0.15) is 44.6 Å². The van der Waals surface area contributed by atoms with E-state index in [4.69, 9.17) is 5.73 Å². The normalized spacial score (nSPS) is 21.2. The van der Waals surface area contributed by atoms with Crippen molar-refractivity contribution in [2.75, 3.05) is 10.6 Å². The maximum atomic E-state index is 12.3. The molecule has 1 aromatic carbocycles. The van der Waals surface area contributed by atoms with Crippen LogP contribution in [0, 0.1) is 12.8 Å². The predicted octanol–water partition coefficient (Wildman–Crippen LogP) is 2.80. The minimum Gasteiger partial charge on any atom is -0.327 e. The van der Waals surface area contributed by atoms with Crippen molar-refractivity contribution >= 4 is 23.2 Å². The Balaban J connectivity index is 1.99. The Labute approximate surface area is 131 Å². The number of benzene rings is 1. The van der Waals surface area contributed by atoms with Gasteiger partial charge in [-0.05, 0) is 43.4 Å². The van der Waals surface area contributed by atoms with Crippen molar-refractivity contribution in [3.63, 3.8) is 0 Å². The number of rotatable bonds is 4. The molecule has 5 nitrogen and oxygen atoms in total. The molecule has 1 fully saturated rings. The van der Waals surface area contributed by atoms with Gasteiger partial charge in [0.25, 0.3) is 0 Å². The Morgan fingerprint density at radius 1 is 1.23 bits per heavy atom. The topological polar surface area (TPSA) is 84.2 Å². The van der Waals surface area contributed by atoms with Crippen molar-refractivity contribution in [3.05, 3.63) is 23.8 Å². The molecule has 0 bridgehead atoms. The first-order valence-corrected chi connectivity index (χ1v) is 7.89. The van der Waals surface area contributed by atoms with Crippen LogP contribution >= 0.6 is 0 Å². The number of hydrogen-bond donors (Lipinski definition) is 3. The van der Waals surface area contributed by atoms with Gasteiger partial charge in [-0.25, -0.2) is 0 Å². The molecule has 4 N–H and O–H groups in total. The minimum atomic E-state index is -0.130. The molecule has 2 rings (SSSR count). The van der Waals surface area contributed by atoms with E-state index >= 15 is 0 Å². The van der Waals surface area contributed by atoms with Gasteiger partial charge >= 0.3 is 0 Å². The SMILES string of the molecule is CC(=O)Nc1ccc(C)c(NC(=O)CC2CCCCC2N)c1. The lowest BCUT2D eigenvalue weighted by Gasteiger charge is -2.28. The molecule has 2 amide bonds. The molecule has 0 radical (unpaired) electrons. The molecule has 2 unspecified atom stereocenters. The van der Waals surface area contributed by atoms with Gasteiger partial charge in [0.05, 0.1) is 0 Å². The van der Waals surface area contributed by atoms with Crippen LogP contribution < -0.4 is 16.4 Å². The second-order valence-corrected chi connectivity index (χ2v) is 6.17. The minimum absolute atomic E-state index is 0.00887. The van der Waals surface area contributed by atoms with Gasteiger partial charge < -0.3 is 16.4 Å². The number of carbonyl (C=O) groups excluding carboxylic acids is 2. The molecule has 1 saturated carbocycles. The van der Waals surface area contributed by atoms with Crippen LogP contribution in [-0.4, -0.2) is 17.9 Å². The van der Waals surface area contributed by atoms with Crippen LogP contribution in [-0.2, 0) is 9.59 Å². The molecule has 22 heavy (non-hydrogen) atoms. The third kappa shape index (κ3) is 4.56. The molecule has 1 aromatic rings. The fourth-order valence-corrected chi connectivity index (χ4v) is 2.97. The molecular formula is C17H25N3O2. The summed E-state index contributed by atoms with van der Waals surface area (Å²) in [5.74, 6) is 0.132. The zero-order valence-corrected chi connectivity index (χ0v) is 13.3. The fourth-order valence-electron chi connectivity index (χ4n) is 2.97. The van der Waals surface area contributed by atoms with Gasteiger partial charge in [0.2, 0.25) is 11.8 Å². The molecule has 0 saturated heterocycles. The molecule has 0 aromatic heterocycles. The summed E-state index contributed by atoms with van der Waals surface area (Å²) in [7, 11) is 0. The van der Waals surface area contributed by atoms with Crippen molar-refractivity contribution in [1.29, 1.82) is 0 Å². The smallest absolute Gasteiger partial charge is 0.224 e. The number of anilines is 2. The lowest BCUT2D eigenvalue weighted by atomic mass is 9.83. The Morgan fingerprint density at radius 3 is 2.64 bits per heavy atom. The van der Waals surface area contributed by atoms with E-state index in [1.54, 1.807) is 6.07 Å². The van der Waals surface area contributed by atoms with Gasteiger partial charge in [-0.3, -0.25) is 9.59 Å². The number of carbonyl (C=O) groups is 2. The van der Waals surface area contributed by atoms with Gasteiger partial charge in [0.1, 0.15) is 0 Å². The van der Waals surface area contributed by atoms with Crippen LogP contribution in [0.3, 0.4) is 0 Å². The molecule has 0 heterocycles. The Kier molecular flexibility index (Phi) is 5.55. The molecule has 5 heteroatoms. The molecule has 0 aliphatic heterocycles. The number of nitrogens with one attached hydrogen (secondary N) is 2. The maximum Gasteiger partial charge on any atom is 0.224 e. The Morgan fingerprint density at radius 2 is 1.95 bits per heavy atom. The fraction of sp³-hybridized carbons (Fsp3) is 0.529. The summed E-state index contributed by atoms with van der Waals surface area (Å²) in [5.41, 5.74) is 8.49.